The van der Waals surface area contributed by atoms with Gasteiger partial charge in [-0.3, -0.25) is 0 Å². The minimum atomic E-state index is -0.697. The van der Waals surface area contributed by atoms with Gasteiger partial charge >= 0.3 is 0 Å². The van der Waals surface area contributed by atoms with E-state index in [1.165, 1.54) is 59.7 Å². The van der Waals surface area contributed by atoms with Gasteiger partial charge in [-0.25, -0.2) is 0 Å². The normalized spacial score (nSPS) is 12.6. The van der Waals surface area contributed by atoms with Crippen LogP contribution in [0.1, 0.15) is 27.7 Å². The summed E-state index contributed by atoms with van der Waals surface area (Å²) in [5, 5.41) is 20.8. The predicted octanol–water partition coefficient (Wildman–Crippen LogP) is 8.24. The minimum absolute atomic E-state index is 0.141. The molecule has 37 heavy (non-hydrogen) atoms. The zero-order chi connectivity index (χ0) is 25.8. The van der Waals surface area contributed by atoms with E-state index >= 15 is 0 Å². The minimum Gasteiger partial charge on any atom is -0.390 e. The molecule has 0 spiro atoms. The van der Waals surface area contributed by atoms with E-state index in [4.69, 9.17) is 0 Å². The van der Waals surface area contributed by atoms with Crippen LogP contribution in [0.15, 0.2) is 103 Å². The molecule has 0 fully saturated rings. The van der Waals surface area contributed by atoms with Gasteiger partial charge in [0.2, 0.25) is 0 Å². The predicted molar refractivity (Wildman–Crippen MR) is 164 cm³/mol. The van der Waals surface area contributed by atoms with Crippen LogP contribution < -0.4 is 5.46 Å². The molecule has 0 aliphatic carbocycles. The molecular formula is C35H33BO. The first kappa shape index (κ1) is 23.8. The highest BCUT2D eigenvalue weighted by atomic mass is 16.3. The van der Waals surface area contributed by atoms with Crippen LogP contribution in [0.4, 0.5) is 0 Å². The van der Waals surface area contributed by atoms with E-state index in [1.807, 2.05) is 13.8 Å². The summed E-state index contributed by atoms with van der Waals surface area (Å²) in [7, 11) is 0.959. The average molecular weight is 480 g/mol. The largest absolute Gasteiger partial charge is 0.390 e. The van der Waals surface area contributed by atoms with E-state index in [-0.39, 0.29) is 5.41 Å². The third-order valence-corrected chi connectivity index (χ3v) is 8.68. The van der Waals surface area contributed by atoms with E-state index in [0.717, 1.165) is 13.6 Å². The Bertz CT molecular complexity index is 1790. The number of hydrogen-bond donors (Lipinski definition) is 1. The van der Waals surface area contributed by atoms with Crippen LogP contribution in [0.2, 0.25) is 6.32 Å². The molecule has 0 aliphatic rings. The van der Waals surface area contributed by atoms with Gasteiger partial charge in [0.25, 0.3) is 0 Å². The summed E-state index contributed by atoms with van der Waals surface area (Å²) in [6.45, 7) is 8.12. The standard InChI is InChI=1S/C35H33BO/c1-34(2,35(3,4)37)22-36-29-16-13-26-19-25(11-12-27(26)20-29)28-10-9-24-15-17-31-30-8-6-5-7-23(30)14-18-32(31)33(24)21-28/h5-21,36-37H,22H2,1-4H3. The Morgan fingerprint density at radius 1 is 0.541 bits per heavy atom. The number of rotatable bonds is 5. The van der Waals surface area contributed by atoms with Crippen LogP contribution in [0.25, 0.3) is 54.2 Å². The van der Waals surface area contributed by atoms with Crippen LogP contribution in [0, 0.1) is 5.41 Å². The molecule has 0 saturated carbocycles. The number of aliphatic hydroxyl groups is 1. The molecule has 0 aromatic heterocycles. The van der Waals surface area contributed by atoms with Crippen LogP contribution in [-0.2, 0) is 0 Å². The summed E-state index contributed by atoms with van der Waals surface area (Å²) >= 11 is 0. The summed E-state index contributed by atoms with van der Waals surface area (Å²) in [4.78, 5) is 0. The molecule has 0 atom stereocenters. The molecule has 0 heterocycles. The Morgan fingerprint density at radius 2 is 1.11 bits per heavy atom. The van der Waals surface area contributed by atoms with Crippen molar-refractivity contribution in [3.8, 4) is 11.1 Å². The molecule has 0 saturated heterocycles. The first-order chi connectivity index (χ1) is 17.7. The molecule has 0 aliphatic heterocycles. The lowest BCUT2D eigenvalue weighted by molar-refractivity contribution is -0.0236. The first-order valence-electron chi connectivity index (χ1n) is 13.3. The van der Waals surface area contributed by atoms with E-state index in [1.54, 1.807) is 0 Å². The Morgan fingerprint density at radius 3 is 1.86 bits per heavy atom. The van der Waals surface area contributed by atoms with Crippen molar-refractivity contribution in [2.24, 2.45) is 5.41 Å². The Balaban J connectivity index is 1.36. The number of fused-ring (bicyclic) bond motifs is 6. The van der Waals surface area contributed by atoms with Crippen molar-refractivity contribution in [1.29, 1.82) is 0 Å². The smallest absolute Gasteiger partial charge is 0.158 e. The van der Waals surface area contributed by atoms with Gasteiger partial charge < -0.3 is 5.11 Å². The van der Waals surface area contributed by atoms with Crippen molar-refractivity contribution >= 4 is 55.8 Å². The average Bonchev–Trinajstić information content (AvgIpc) is 2.90. The highest BCUT2D eigenvalue weighted by Gasteiger charge is 2.34. The zero-order valence-electron chi connectivity index (χ0n) is 22.2. The molecule has 0 amide bonds. The van der Waals surface area contributed by atoms with Crippen LogP contribution >= 0.6 is 0 Å². The number of benzene rings is 6. The van der Waals surface area contributed by atoms with E-state index in [9.17, 15) is 5.11 Å². The highest BCUT2D eigenvalue weighted by Crippen LogP contribution is 2.35. The fourth-order valence-electron chi connectivity index (χ4n) is 5.39. The van der Waals surface area contributed by atoms with Gasteiger partial charge in [0.15, 0.2) is 7.28 Å². The molecule has 0 radical (unpaired) electrons. The van der Waals surface area contributed by atoms with Crippen molar-refractivity contribution in [2.45, 2.75) is 39.6 Å². The maximum Gasteiger partial charge on any atom is 0.158 e. The monoisotopic (exact) mass is 480 g/mol. The zero-order valence-corrected chi connectivity index (χ0v) is 22.2. The van der Waals surface area contributed by atoms with Crippen molar-refractivity contribution in [3.05, 3.63) is 103 Å². The lowest BCUT2D eigenvalue weighted by atomic mass is 9.56. The molecule has 2 heteroatoms. The molecular weight excluding hydrogens is 447 g/mol. The second-order valence-corrected chi connectivity index (χ2v) is 11.7. The second kappa shape index (κ2) is 8.75. The molecule has 0 bridgehead atoms. The summed E-state index contributed by atoms with van der Waals surface area (Å²) in [6.07, 6.45) is 0.945. The van der Waals surface area contributed by atoms with Gasteiger partial charge in [-0.2, -0.15) is 0 Å². The van der Waals surface area contributed by atoms with Crippen LogP contribution in [-0.4, -0.2) is 18.0 Å². The molecule has 1 nitrogen and oxygen atoms in total. The topological polar surface area (TPSA) is 20.2 Å². The van der Waals surface area contributed by atoms with Crippen molar-refractivity contribution < 1.29 is 5.11 Å². The van der Waals surface area contributed by atoms with Gasteiger partial charge in [0.05, 0.1) is 5.60 Å². The van der Waals surface area contributed by atoms with E-state index < -0.39 is 5.60 Å². The molecule has 6 aromatic rings. The summed E-state index contributed by atoms with van der Waals surface area (Å²) in [6, 6.07) is 38.1. The van der Waals surface area contributed by atoms with Crippen molar-refractivity contribution in [3.63, 3.8) is 0 Å². The van der Waals surface area contributed by atoms with Gasteiger partial charge in [0.1, 0.15) is 0 Å². The third kappa shape index (κ3) is 4.30. The summed E-state index contributed by atoms with van der Waals surface area (Å²) < 4.78 is 0. The van der Waals surface area contributed by atoms with E-state index in [2.05, 4.69) is 117 Å². The second-order valence-electron chi connectivity index (χ2n) is 11.7. The number of hydrogen-bond acceptors (Lipinski definition) is 1. The SMILES string of the molecule is CC(C)(O)C(C)(C)CBc1ccc2cc(-c3ccc4ccc5c6ccccc6ccc5c4c3)ccc2c1. The maximum absolute atomic E-state index is 10.5. The van der Waals surface area contributed by atoms with Gasteiger partial charge in [-0.05, 0) is 85.6 Å². The Hall–Kier alpha value is -3.62. The third-order valence-electron chi connectivity index (χ3n) is 8.68. The molecule has 6 aromatic carbocycles. The Labute approximate surface area is 220 Å². The Kier molecular flexibility index (Phi) is 5.62. The van der Waals surface area contributed by atoms with Gasteiger partial charge in [0, 0.05) is 0 Å². The quantitative estimate of drug-likeness (QED) is 0.195. The lowest BCUT2D eigenvalue weighted by Crippen LogP contribution is -2.40. The fraction of sp³-hybridized carbons (Fsp3) is 0.200. The molecule has 182 valence electrons. The first-order valence-corrected chi connectivity index (χ1v) is 13.3. The van der Waals surface area contributed by atoms with Crippen molar-refractivity contribution in [2.75, 3.05) is 0 Å². The van der Waals surface area contributed by atoms with Gasteiger partial charge in [-0.15, -0.1) is 0 Å². The lowest BCUT2D eigenvalue weighted by Gasteiger charge is -2.37. The summed E-state index contributed by atoms with van der Waals surface area (Å²) in [5.74, 6) is 0. The van der Waals surface area contributed by atoms with E-state index in [0.29, 0.717) is 0 Å². The van der Waals surface area contributed by atoms with Gasteiger partial charge in [-0.1, -0.05) is 117 Å². The molecule has 0 unspecified atom stereocenters. The fourth-order valence-corrected chi connectivity index (χ4v) is 5.39. The summed E-state index contributed by atoms with van der Waals surface area (Å²) in [5.41, 5.74) is 2.96. The van der Waals surface area contributed by atoms with Crippen molar-refractivity contribution in [1.82, 2.24) is 0 Å². The van der Waals surface area contributed by atoms with Crippen LogP contribution in [0.5, 0.6) is 0 Å². The maximum atomic E-state index is 10.5. The van der Waals surface area contributed by atoms with Crippen LogP contribution in [0.3, 0.4) is 0 Å². The molecule has 1 N–H and O–H groups in total. The molecule has 6 rings (SSSR count). The highest BCUT2D eigenvalue weighted by molar-refractivity contribution is 6.54.